The van der Waals surface area contributed by atoms with E-state index in [-0.39, 0.29) is 11.8 Å². The summed E-state index contributed by atoms with van der Waals surface area (Å²) in [5.74, 6) is 0.0220. The van der Waals surface area contributed by atoms with Gasteiger partial charge in [0.15, 0.2) is 0 Å². The highest BCUT2D eigenvalue weighted by Gasteiger charge is 2.35. The third-order valence-corrected chi connectivity index (χ3v) is 2.72. The van der Waals surface area contributed by atoms with Gasteiger partial charge in [0.2, 0.25) is 0 Å². The average molecular weight is 185 g/mol. The van der Waals surface area contributed by atoms with Crippen molar-refractivity contribution in [2.45, 2.75) is 18.9 Å². The second-order valence-corrected chi connectivity index (χ2v) is 3.72. The fraction of sp³-hybridized carbons (Fsp3) is 0.889. The fourth-order valence-corrected chi connectivity index (χ4v) is 1.69. The Morgan fingerprint density at radius 2 is 2.00 bits per heavy atom. The summed E-state index contributed by atoms with van der Waals surface area (Å²) in [4.78, 5) is 13.1. The zero-order valence-electron chi connectivity index (χ0n) is 7.61. The highest BCUT2D eigenvalue weighted by atomic mass is 16.5. The van der Waals surface area contributed by atoms with Gasteiger partial charge in [-0.1, -0.05) is 0 Å². The van der Waals surface area contributed by atoms with Crippen LogP contribution in [0.25, 0.3) is 0 Å². The standard InChI is InChI=1S/C9H15NO3/c11-8(9(12)10-3-4-10)7-1-5-13-6-2-7/h7-8,11H,1-6H2. The Morgan fingerprint density at radius 1 is 1.38 bits per heavy atom. The minimum atomic E-state index is -0.786. The Morgan fingerprint density at radius 3 is 2.54 bits per heavy atom. The summed E-state index contributed by atoms with van der Waals surface area (Å²) in [5, 5.41) is 9.71. The van der Waals surface area contributed by atoms with E-state index in [1.807, 2.05) is 0 Å². The summed E-state index contributed by atoms with van der Waals surface area (Å²) < 4.78 is 5.17. The van der Waals surface area contributed by atoms with Crippen LogP contribution in [0.5, 0.6) is 0 Å². The topological polar surface area (TPSA) is 49.5 Å². The van der Waals surface area contributed by atoms with Crippen LogP contribution in [-0.2, 0) is 9.53 Å². The fourth-order valence-electron chi connectivity index (χ4n) is 1.69. The van der Waals surface area contributed by atoms with E-state index in [0.717, 1.165) is 25.9 Å². The molecule has 2 fully saturated rings. The van der Waals surface area contributed by atoms with Gasteiger partial charge in [-0.25, -0.2) is 0 Å². The quantitative estimate of drug-likeness (QED) is 0.596. The van der Waals surface area contributed by atoms with Gasteiger partial charge in [-0.2, -0.15) is 0 Å². The van der Waals surface area contributed by atoms with Crippen molar-refractivity contribution in [3.63, 3.8) is 0 Å². The molecule has 0 saturated carbocycles. The first-order valence-corrected chi connectivity index (χ1v) is 4.83. The average Bonchev–Trinajstić information content (AvgIpc) is 3.00. The molecule has 0 aliphatic carbocycles. The van der Waals surface area contributed by atoms with E-state index < -0.39 is 6.10 Å². The van der Waals surface area contributed by atoms with Gasteiger partial charge in [-0.15, -0.1) is 0 Å². The predicted molar refractivity (Wildman–Crippen MR) is 46.1 cm³/mol. The highest BCUT2D eigenvalue weighted by molar-refractivity contribution is 5.82. The van der Waals surface area contributed by atoms with Crippen LogP contribution in [0.4, 0.5) is 0 Å². The van der Waals surface area contributed by atoms with Crippen LogP contribution in [0.1, 0.15) is 12.8 Å². The Kier molecular flexibility index (Phi) is 2.51. The molecule has 2 heterocycles. The van der Waals surface area contributed by atoms with Gasteiger partial charge in [-0.05, 0) is 18.8 Å². The van der Waals surface area contributed by atoms with Gasteiger partial charge in [0.25, 0.3) is 5.91 Å². The molecule has 1 atom stereocenters. The van der Waals surface area contributed by atoms with Crippen LogP contribution in [0.2, 0.25) is 0 Å². The minimum Gasteiger partial charge on any atom is -0.383 e. The number of amides is 1. The summed E-state index contributed by atoms with van der Waals surface area (Å²) >= 11 is 0. The van der Waals surface area contributed by atoms with E-state index in [2.05, 4.69) is 0 Å². The molecule has 2 saturated heterocycles. The van der Waals surface area contributed by atoms with E-state index in [1.54, 1.807) is 4.90 Å². The van der Waals surface area contributed by atoms with Crippen LogP contribution in [-0.4, -0.2) is 48.3 Å². The molecular formula is C9H15NO3. The summed E-state index contributed by atoms with van der Waals surface area (Å²) in [6.07, 6.45) is 0.827. The summed E-state index contributed by atoms with van der Waals surface area (Å²) in [7, 11) is 0. The molecule has 0 radical (unpaired) electrons. The van der Waals surface area contributed by atoms with Crippen molar-refractivity contribution in [1.82, 2.24) is 4.90 Å². The summed E-state index contributed by atoms with van der Waals surface area (Å²) in [6, 6.07) is 0. The van der Waals surface area contributed by atoms with Gasteiger partial charge in [0.1, 0.15) is 6.10 Å². The number of rotatable bonds is 2. The molecule has 0 aromatic rings. The number of hydrogen-bond donors (Lipinski definition) is 1. The minimum absolute atomic E-state index is 0.0908. The number of aliphatic hydroxyl groups is 1. The maximum Gasteiger partial charge on any atom is 0.251 e. The van der Waals surface area contributed by atoms with Crippen LogP contribution in [0, 0.1) is 5.92 Å². The van der Waals surface area contributed by atoms with E-state index >= 15 is 0 Å². The highest BCUT2D eigenvalue weighted by Crippen LogP contribution is 2.21. The molecule has 1 amide bonds. The molecule has 0 spiro atoms. The van der Waals surface area contributed by atoms with E-state index in [0.29, 0.717) is 13.2 Å². The first-order valence-electron chi connectivity index (χ1n) is 4.83. The normalized spacial score (nSPS) is 25.8. The molecule has 0 aromatic heterocycles. The Bertz CT molecular complexity index is 197. The van der Waals surface area contributed by atoms with Crippen LogP contribution in [0.15, 0.2) is 0 Å². The Hall–Kier alpha value is -0.610. The van der Waals surface area contributed by atoms with Gasteiger partial charge in [-0.3, -0.25) is 4.79 Å². The second-order valence-electron chi connectivity index (χ2n) is 3.72. The molecule has 74 valence electrons. The number of carbonyl (C=O) groups is 1. The van der Waals surface area contributed by atoms with Crippen LogP contribution in [0.3, 0.4) is 0 Å². The zero-order valence-corrected chi connectivity index (χ0v) is 7.61. The number of ether oxygens (including phenoxy) is 1. The zero-order chi connectivity index (χ0) is 9.26. The van der Waals surface area contributed by atoms with Gasteiger partial charge in [0.05, 0.1) is 0 Å². The molecule has 4 nitrogen and oxygen atoms in total. The lowest BCUT2D eigenvalue weighted by Gasteiger charge is -2.25. The maximum atomic E-state index is 11.4. The lowest BCUT2D eigenvalue weighted by Crippen LogP contribution is -2.37. The molecular weight excluding hydrogens is 170 g/mol. The number of carbonyl (C=O) groups excluding carboxylic acids is 1. The second kappa shape index (κ2) is 3.64. The monoisotopic (exact) mass is 185 g/mol. The van der Waals surface area contributed by atoms with E-state index in [9.17, 15) is 9.90 Å². The van der Waals surface area contributed by atoms with Gasteiger partial charge < -0.3 is 14.7 Å². The Labute approximate surface area is 77.5 Å². The summed E-state index contributed by atoms with van der Waals surface area (Å²) in [6.45, 7) is 2.99. The molecule has 0 aromatic carbocycles. The van der Waals surface area contributed by atoms with Crippen molar-refractivity contribution < 1.29 is 14.6 Å². The summed E-state index contributed by atoms with van der Waals surface area (Å²) in [5.41, 5.74) is 0. The van der Waals surface area contributed by atoms with E-state index in [1.165, 1.54) is 0 Å². The van der Waals surface area contributed by atoms with Gasteiger partial charge in [0, 0.05) is 26.3 Å². The van der Waals surface area contributed by atoms with Crippen LogP contribution >= 0.6 is 0 Å². The third-order valence-electron chi connectivity index (χ3n) is 2.72. The van der Waals surface area contributed by atoms with Gasteiger partial charge >= 0.3 is 0 Å². The molecule has 1 N–H and O–H groups in total. The lowest BCUT2D eigenvalue weighted by molar-refractivity contribution is -0.139. The SMILES string of the molecule is O=C(C(O)C1CCOCC1)N1CC1. The Balaban J connectivity index is 1.86. The molecule has 13 heavy (non-hydrogen) atoms. The van der Waals surface area contributed by atoms with Crippen molar-refractivity contribution >= 4 is 5.91 Å². The smallest absolute Gasteiger partial charge is 0.251 e. The number of hydrogen-bond acceptors (Lipinski definition) is 3. The van der Waals surface area contributed by atoms with Crippen molar-refractivity contribution in [2.75, 3.05) is 26.3 Å². The molecule has 2 rings (SSSR count). The van der Waals surface area contributed by atoms with Crippen LogP contribution < -0.4 is 0 Å². The van der Waals surface area contributed by atoms with Crippen molar-refractivity contribution in [3.05, 3.63) is 0 Å². The number of aliphatic hydroxyl groups excluding tert-OH is 1. The molecule has 0 bridgehead atoms. The number of nitrogens with zero attached hydrogens (tertiary/aromatic N) is 1. The van der Waals surface area contributed by atoms with Crippen molar-refractivity contribution in [2.24, 2.45) is 5.92 Å². The molecule has 2 aliphatic heterocycles. The third kappa shape index (κ3) is 2.00. The van der Waals surface area contributed by atoms with Crippen molar-refractivity contribution in [1.29, 1.82) is 0 Å². The largest absolute Gasteiger partial charge is 0.383 e. The first-order chi connectivity index (χ1) is 6.29. The van der Waals surface area contributed by atoms with Crippen molar-refractivity contribution in [3.8, 4) is 0 Å². The molecule has 2 aliphatic rings. The molecule has 4 heteroatoms. The lowest BCUT2D eigenvalue weighted by atomic mass is 9.93. The predicted octanol–water partition coefficient (Wildman–Crippen LogP) is -0.384. The first kappa shape index (κ1) is 8.97. The molecule has 1 unspecified atom stereocenters. The van der Waals surface area contributed by atoms with E-state index in [4.69, 9.17) is 4.74 Å². The maximum absolute atomic E-state index is 11.4.